The monoisotopic (exact) mass is 220 g/mol. The van der Waals surface area contributed by atoms with Gasteiger partial charge >= 0.3 is 0 Å². The Morgan fingerprint density at radius 2 is 2.13 bits per heavy atom. The van der Waals surface area contributed by atoms with Crippen LogP contribution in [0.2, 0.25) is 0 Å². The largest absolute Gasteiger partial charge is 0.358 e. The number of hydrogen-bond donors (Lipinski definition) is 3. The van der Waals surface area contributed by atoms with Crippen LogP contribution in [-0.2, 0) is 6.54 Å². The molecule has 0 aliphatic heterocycles. The molecule has 0 saturated carbocycles. The van der Waals surface area contributed by atoms with Gasteiger partial charge in [0.05, 0.1) is 0 Å². The van der Waals surface area contributed by atoms with Crippen LogP contribution in [0.25, 0.3) is 10.9 Å². The number of fused-ring (bicyclic) bond motifs is 1. The molecule has 0 saturated heterocycles. The van der Waals surface area contributed by atoms with Crippen LogP contribution in [0.15, 0.2) is 24.3 Å². The molecular formula is C12H16N2S. The number of para-hydroxylation sites is 1. The van der Waals surface area contributed by atoms with Crippen molar-refractivity contribution in [1.82, 2.24) is 10.3 Å². The van der Waals surface area contributed by atoms with E-state index in [1.54, 1.807) is 0 Å². The lowest BCUT2D eigenvalue weighted by Gasteiger charge is -2.02. The quantitative estimate of drug-likeness (QED) is 0.536. The maximum Gasteiger partial charge on any atom is 0.0459 e. The van der Waals surface area contributed by atoms with E-state index in [4.69, 9.17) is 0 Å². The molecule has 0 aliphatic carbocycles. The molecule has 1 aromatic heterocycles. The van der Waals surface area contributed by atoms with Gasteiger partial charge in [-0.05, 0) is 18.6 Å². The van der Waals surface area contributed by atoms with E-state index in [9.17, 15) is 0 Å². The normalized spacial score (nSPS) is 11.1. The molecule has 15 heavy (non-hydrogen) atoms. The second-order valence-corrected chi connectivity index (χ2v) is 4.12. The predicted molar refractivity (Wildman–Crippen MR) is 68.6 cm³/mol. The van der Waals surface area contributed by atoms with Gasteiger partial charge in [-0.15, -0.1) is 0 Å². The summed E-state index contributed by atoms with van der Waals surface area (Å²) in [6.45, 7) is 3.98. The topological polar surface area (TPSA) is 27.8 Å². The van der Waals surface area contributed by atoms with Gasteiger partial charge in [0.15, 0.2) is 0 Å². The molecule has 0 bridgehead atoms. The van der Waals surface area contributed by atoms with E-state index >= 15 is 0 Å². The smallest absolute Gasteiger partial charge is 0.0459 e. The summed E-state index contributed by atoms with van der Waals surface area (Å²) >= 11 is 4.18. The van der Waals surface area contributed by atoms with E-state index in [1.165, 1.54) is 22.2 Å². The Kier molecular flexibility index (Phi) is 3.34. The third kappa shape index (κ3) is 2.19. The van der Waals surface area contributed by atoms with Crippen molar-refractivity contribution in [3.05, 3.63) is 35.5 Å². The zero-order valence-electron chi connectivity index (χ0n) is 8.88. The first kappa shape index (κ1) is 10.6. The van der Waals surface area contributed by atoms with Gasteiger partial charge in [-0.3, -0.25) is 0 Å². The Bertz CT molecular complexity index is 448. The summed E-state index contributed by atoms with van der Waals surface area (Å²) < 4.78 is 0. The maximum absolute atomic E-state index is 4.18. The summed E-state index contributed by atoms with van der Waals surface area (Å²) in [4.78, 5) is 3.39. The van der Waals surface area contributed by atoms with Gasteiger partial charge in [-0.2, -0.15) is 12.6 Å². The molecule has 0 amide bonds. The van der Waals surface area contributed by atoms with Gasteiger partial charge < -0.3 is 10.3 Å². The third-order valence-corrected chi connectivity index (χ3v) is 2.84. The van der Waals surface area contributed by atoms with Gasteiger partial charge in [-0.1, -0.05) is 18.2 Å². The van der Waals surface area contributed by atoms with Crippen molar-refractivity contribution in [3.8, 4) is 0 Å². The summed E-state index contributed by atoms with van der Waals surface area (Å²) in [5.41, 5.74) is 3.84. The molecule has 2 nitrogen and oxygen atoms in total. The average Bonchev–Trinajstić information content (AvgIpc) is 2.56. The Morgan fingerprint density at radius 1 is 1.33 bits per heavy atom. The molecule has 80 valence electrons. The molecule has 0 unspecified atom stereocenters. The van der Waals surface area contributed by atoms with E-state index < -0.39 is 0 Å². The first-order chi connectivity index (χ1) is 7.33. The summed E-state index contributed by atoms with van der Waals surface area (Å²) in [6.07, 6.45) is 0. The fourth-order valence-corrected chi connectivity index (χ4v) is 2.01. The summed E-state index contributed by atoms with van der Waals surface area (Å²) in [6, 6.07) is 8.42. The molecule has 3 heteroatoms. The Hall–Kier alpha value is -0.930. The molecule has 2 N–H and O–H groups in total. The van der Waals surface area contributed by atoms with Crippen molar-refractivity contribution >= 4 is 23.5 Å². The fourth-order valence-electron chi connectivity index (χ4n) is 1.85. The van der Waals surface area contributed by atoms with Gasteiger partial charge in [0.2, 0.25) is 0 Å². The number of benzene rings is 1. The predicted octanol–water partition coefficient (Wildman–Crippen LogP) is 2.50. The minimum Gasteiger partial charge on any atom is -0.358 e. The van der Waals surface area contributed by atoms with Crippen molar-refractivity contribution in [2.24, 2.45) is 0 Å². The Morgan fingerprint density at radius 3 is 2.93 bits per heavy atom. The van der Waals surface area contributed by atoms with E-state index in [0.717, 1.165) is 18.8 Å². The number of thiol groups is 1. The molecule has 0 aliphatic rings. The standard InChI is InChI=1S/C12H16N2S/c1-9-11(8-13-6-7-15)10-4-2-3-5-12(10)14-9/h2-5,13-15H,6-8H2,1H3. The highest BCUT2D eigenvalue weighted by Gasteiger charge is 2.06. The van der Waals surface area contributed by atoms with E-state index in [1.807, 2.05) is 0 Å². The zero-order valence-corrected chi connectivity index (χ0v) is 9.77. The summed E-state index contributed by atoms with van der Waals surface area (Å²) in [5, 5.41) is 4.70. The molecule has 0 spiro atoms. The van der Waals surface area contributed by atoms with Crippen LogP contribution in [0.3, 0.4) is 0 Å². The third-order valence-electron chi connectivity index (χ3n) is 2.62. The van der Waals surface area contributed by atoms with Gasteiger partial charge in [0.25, 0.3) is 0 Å². The number of rotatable bonds is 4. The highest BCUT2D eigenvalue weighted by molar-refractivity contribution is 7.80. The number of hydrogen-bond acceptors (Lipinski definition) is 2. The zero-order chi connectivity index (χ0) is 10.7. The fraction of sp³-hybridized carbons (Fsp3) is 0.333. The highest BCUT2D eigenvalue weighted by Crippen LogP contribution is 2.21. The second-order valence-electron chi connectivity index (χ2n) is 3.67. The van der Waals surface area contributed by atoms with Crippen molar-refractivity contribution < 1.29 is 0 Å². The van der Waals surface area contributed by atoms with Crippen LogP contribution >= 0.6 is 12.6 Å². The SMILES string of the molecule is Cc1[nH]c2ccccc2c1CNCCS. The maximum atomic E-state index is 4.18. The molecule has 0 radical (unpaired) electrons. The van der Waals surface area contributed by atoms with Crippen molar-refractivity contribution in [3.63, 3.8) is 0 Å². The molecule has 1 aromatic carbocycles. The van der Waals surface area contributed by atoms with Crippen LogP contribution in [0.4, 0.5) is 0 Å². The molecule has 0 atom stereocenters. The molecular weight excluding hydrogens is 204 g/mol. The Balaban J connectivity index is 2.28. The minimum atomic E-state index is 0.876. The average molecular weight is 220 g/mol. The number of nitrogens with one attached hydrogen (secondary N) is 2. The summed E-state index contributed by atoms with van der Waals surface area (Å²) in [7, 11) is 0. The van der Waals surface area contributed by atoms with Crippen LogP contribution in [0, 0.1) is 6.92 Å². The first-order valence-corrected chi connectivity index (χ1v) is 5.84. The van der Waals surface area contributed by atoms with E-state index in [0.29, 0.717) is 0 Å². The molecule has 0 fully saturated rings. The number of H-pyrrole nitrogens is 1. The van der Waals surface area contributed by atoms with Crippen LogP contribution in [0.1, 0.15) is 11.3 Å². The van der Waals surface area contributed by atoms with Gasteiger partial charge in [-0.25, -0.2) is 0 Å². The second kappa shape index (κ2) is 4.73. The number of aromatic nitrogens is 1. The number of aryl methyl sites for hydroxylation is 1. The van der Waals surface area contributed by atoms with Crippen molar-refractivity contribution in [1.29, 1.82) is 0 Å². The van der Waals surface area contributed by atoms with Gasteiger partial charge in [0.1, 0.15) is 0 Å². The summed E-state index contributed by atoms with van der Waals surface area (Å²) in [5.74, 6) is 0.876. The van der Waals surface area contributed by atoms with Crippen molar-refractivity contribution in [2.45, 2.75) is 13.5 Å². The van der Waals surface area contributed by atoms with E-state index in [2.05, 4.69) is 54.1 Å². The van der Waals surface area contributed by atoms with Crippen LogP contribution in [0.5, 0.6) is 0 Å². The first-order valence-electron chi connectivity index (χ1n) is 5.20. The lowest BCUT2D eigenvalue weighted by Crippen LogP contribution is -2.16. The molecule has 2 aromatic rings. The van der Waals surface area contributed by atoms with Crippen LogP contribution in [-0.4, -0.2) is 17.3 Å². The lowest BCUT2D eigenvalue weighted by molar-refractivity contribution is 0.733. The van der Waals surface area contributed by atoms with Crippen molar-refractivity contribution in [2.75, 3.05) is 12.3 Å². The number of aromatic amines is 1. The minimum absolute atomic E-state index is 0.876. The van der Waals surface area contributed by atoms with Gasteiger partial charge in [0, 0.05) is 35.4 Å². The van der Waals surface area contributed by atoms with E-state index in [-0.39, 0.29) is 0 Å². The lowest BCUT2D eigenvalue weighted by atomic mass is 10.1. The highest BCUT2D eigenvalue weighted by atomic mass is 32.1. The molecule has 2 rings (SSSR count). The Labute approximate surface area is 95.5 Å². The molecule has 1 heterocycles. The van der Waals surface area contributed by atoms with Crippen LogP contribution < -0.4 is 5.32 Å².